The first-order valence-corrected chi connectivity index (χ1v) is 5.18. The molecule has 6 nitrogen and oxygen atoms in total. The average Bonchev–Trinajstić information content (AvgIpc) is 2.94. The van der Waals surface area contributed by atoms with E-state index >= 15 is 0 Å². The third-order valence-corrected chi connectivity index (χ3v) is 2.67. The number of nitrogens with zero attached hydrogens (tertiary/aromatic N) is 2. The van der Waals surface area contributed by atoms with Crippen LogP contribution in [0.25, 0.3) is 0 Å². The van der Waals surface area contributed by atoms with Crippen molar-refractivity contribution < 1.29 is 14.7 Å². The topological polar surface area (TPSA) is 84.2 Å². The Hall–Kier alpha value is -1.85. The van der Waals surface area contributed by atoms with E-state index in [1.54, 1.807) is 17.1 Å². The fourth-order valence-corrected chi connectivity index (χ4v) is 1.59. The molecule has 0 saturated heterocycles. The largest absolute Gasteiger partial charge is 0.481 e. The van der Waals surface area contributed by atoms with Crippen molar-refractivity contribution in [3.05, 3.63) is 12.4 Å². The van der Waals surface area contributed by atoms with Crippen molar-refractivity contribution in [3.63, 3.8) is 0 Å². The molecule has 16 heavy (non-hydrogen) atoms. The molecule has 0 radical (unpaired) electrons. The van der Waals surface area contributed by atoms with Gasteiger partial charge in [0, 0.05) is 12.7 Å². The van der Waals surface area contributed by atoms with Crippen LogP contribution in [0, 0.1) is 11.8 Å². The Balaban J connectivity index is 1.91. The number of nitrogens with one attached hydrogen (secondary N) is 1. The van der Waals surface area contributed by atoms with Crippen molar-refractivity contribution in [3.8, 4) is 0 Å². The SMILES string of the molecule is CCn1cc(NC(=O)[C@H]2C[C@H]2C(=O)O)cn1. The molecule has 1 aliphatic rings. The summed E-state index contributed by atoms with van der Waals surface area (Å²) in [7, 11) is 0. The van der Waals surface area contributed by atoms with Crippen LogP contribution in [-0.4, -0.2) is 26.8 Å². The molecule has 1 aromatic heterocycles. The van der Waals surface area contributed by atoms with Gasteiger partial charge in [-0.25, -0.2) is 0 Å². The van der Waals surface area contributed by atoms with Crippen LogP contribution >= 0.6 is 0 Å². The van der Waals surface area contributed by atoms with Gasteiger partial charge in [-0.1, -0.05) is 0 Å². The first-order chi connectivity index (χ1) is 7.61. The lowest BCUT2D eigenvalue weighted by Gasteiger charge is -1.99. The van der Waals surface area contributed by atoms with Crippen LogP contribution in [0.15, 0.2) is 12.4 Å². The van der Waals surface area contributed by atoms with Gasteiger partial charge in [0.2, 0.25) is 5.91 Å². The summed E-state index contributed by atoms with van der Waals surface area (Å²) in [6, 6.07) is 0. The molecule has 0 unspecified atom stereocenters. The van der Waals surface area contributed by atoms with Gasteiger partial charge in [-0.05, 0) is 13.3 Å². The van der Waals surface area contributed by atoms with E-state index in [0.717, 1.165) is 6.54 Å². The second kappa shape index (κ2) is 3.96. The Morgan fingerprint density at radius 2 is 2.38 bits per heavy atom. The number of hydrogen-bond donors (Lipinski definition) is 2. The van der Waals surface area contributed by atoms with E-state index < -0.39 is 11.9 Å². The predicted octanol–water partition coefficient (Wildman–Crippen LogP) is 0.562. The molecule has 1 saturated carbocycles. The minimum Gasteiger partial charge on any atom is -0.481 e. The van der Waals surface area contributed by atoms with Gasteiger partial charge in [0.25, 0.3) is 0 Å². The van der Waals surface area contributed by atoms with Crippen molar-refractivity contribution in [2.45, 2.75) is 19.9 Å². The van der Waals surface area contributed by atoms with Gasteiger partial charge in [0.05, 0.1) is 23.7 Å². The number of rotatable bonds is 4. The minimum atomic E-state index is -0.899. The molecule has 2 N–H and O–H groups in total. The Labute approximate surface area is 92.3 Å². The van der Waals surface area contributed by atoms with Crippen LogP contribution in [0.2, 0.25) is 0 Å². The normalized spacial score (nSPS) is 22.8. The highest BCUT2D eigenvalue weighted by Crippen LogP contribution is 2.39. The van der Waals surface area contributed by atoms with E-state index in [1.807, 2.05) is 6.92 Å². The van der Waals surface area contributed by atoms with Crippen LogP contribution in [0.4, 0.5) is 5.69 Å². The standard InChI is InChI=1S/C10H13N3O3/c1-2-13-5-6(4-11-13)12-9(14)7-3-8(7)10(15)16/h4-5,7-8H,2-3H2,1H3,(H,12,14)(H,15,16)/t7-,8+/m0/s1. The van der Waals surface area contributed by atoms with Gasteiger partial charge in [-0.2, -0.15) is 5.10 Å². The highest BCUT2D eigenvalue weighted by molar-refractivity contribution is 5.98. The van der Waals surface area contributed by atoms with Crippen LogP contribution in [0.5, 0.6) is 0 Å². The van der Waals surface area contributed by atoms with Crippen molar-refractivity contribution in [1.29, 1.82) is 0 Å². The van der Waals surface area contributed by atoms with Gasteiger partial charge in [-0.3, -0.25) is 14.3 Å². The number of carboxylic acid groups (broad SMARTS) is 1. The zero-order valence-corrected chi connectivity index (χ0v) is 8.88. The summed E-state index contributed by atoms with van der Waals surface area (Å²) < 4.78 is 1.69. The highest BCUT2D eigenvalue weighted by atomic mass is 16.4. The predicted molar refractivity (Wildman–Crippen MR) is 55.8 cm³/mol. The van der Waals surface area contributed by atoms with Gasteiger partial charge in [0.15, 0.2) is 0 Å². The van der Waals surface area contributed by atoms with Gasteiger partial charge < -0.3 is 10.4 Å². The maximum atomic E-state index is 11.6. The zero-order valence-electron chi connectivity index (χ0n) is 8.88. The Morgan fingerprint density at radius 3 is 2.88 bits per heavy atom. The summed E-state index contributed by atoms with van der Waals surface area (Å²) in [5.41, 5.74) is 0.614. The molecule has 86 valence electrons. The molecule has 0 aromatic carbocycles. The molecule has 2 atom stereocenters. The Bertz CT molecular complexity index is 427. The van der Waals surface area contributed by atoms with E-state index in [-0.39, 0.29) is 11.8 Å². The van der Waals surface area contributed by atoms with Gasteiger partial charge >= 0.3 is 5.97 Å². The molecular formula is C10H13N3O3. The van der Waals surface area contributed by atoms with E-state index in [1.165, 1.54) is 0 Å². The van der Waals surface area contributed by atoms with Crippen molar-refractivity contribution >= 4 is 17.6 Å². The van der Waals surface area contributed by atoms with Crippen LogP contribution in [-0.2, 0) is 16.1 Å². The van der Waals surface area contributed by atoms with Crippen molar-refractivity contribution in [2.75, 3.05) is 5.32 Å². The Morgan fingerprint density at radius 1 is 1.62 bits per heavy atom. The van der Waals surface area contributed by atoms with Gasteiger partial charge in [0.1, 0.15) is 0 Å². The number of amides is 1. The molecule has 0 aliphatic heterocycles. The summed E-state index contributed by atoms with van der Waals surface area (Å²) in [6.45, 7) is 2.68. The number of carboxylic acids is 1. The number of aliphatic carboxylic acids is 1. The quantitative estimate of drug-likeness (QED) is 0.781. The number of anilines is 1. The molecule has 1 amide bonds. The maximum Gasteiger partial charge on any atom is 0.307 e. The number of carbonyl (C=O) groups excluding carboxylic acids is 1. The summed E-state index contributed by atoms with van der Waals surface area (Å²) in [6.07, 6.45) is 3.71. The van der Waals surface area contributed by atoms with Crippen LogP contribution in [0.1, 0.15) is 13.3 Å². The summed E-state index contributed by atoms with van der Waals surface area (Å²) in [5, 5.41) is 15.3. The first kappa shape index (κ1) is 10.7. The third-order valence-electron chi connectivity index (χ3n) is 2.67. The van der Waals surface area contributed by atoms with E-state index in [4.69, 9.17) is 5.11 Å². The number of carbonyl (C=O) groups is 2. The minimum absolute atomic E-state index is 0.233. The smallest absolute Gasteiger partial charge is 0.307 e. The second-order valence-electron chi connectivity index (χ2n) is 3.86. The Kier molecular flexibility index (Phi) is 2.64. The lowest BCUT2D eigenvalue weighted by atomic mass is 10.3. The fourth-order valence-electron chi connectivity index (χ4n) is 1.59. The fraction of sp³-hybridized carbons (Fsp3) is 0.500. The number of aryl methyl sites for hydroxylation is 1. The number of hydrogen-bond acceptors (Lipinski definition) is 3. The molecule has 0 bridgehead atoms. The molecule has 6 heteroatoms. The monoisotopic (exact) mass is 223 g/mol. The summed E-state index contributed by atoms with van der Waals surface area (Å²) in [4.78, 5) is 22.2. The van der Waals surface area contributed by atoms with Crippen LogP contribution in [0.3, 0.4) is 0 Å². The zero-order chi connectivity index (χ0) is 11.7. The maximum absolute atomic E-state index is 11.6. The number of aromatic nitrogens is 2. The molecule has 0 spiro atoms. The highest BCUT2D eigenvalue weighted by Gasteiger charge is 2.48. The lowest BCUT2D eigenvalue weighted by molar-refractivity contribution is -0.139. The second-order valence-corrected chi connectivity index (χ2v) is 3.86. The summed E-state index contributed by atoms with van der Waals surface area (Å²) in [5.74, 6) is -2.03. The molecule has 2 rings (SSSR count). The lowest BCUT2D eigenvalue weighted by Crippen LogP contribution is -2.16. The first-order valence-electron chi connectivity index (χ1n) is 5.18. The molecular weight excluding hydrogens is 210 g/mol. The molecule has 1 aliphatic carbocycles. The summed E-state index contributed by atoms with van der Waals surface area (Å²) >= 11 is 0. The molecule has 1 heterocycles. The van der Waals surface area contributed by atoms with Crippen molar-refractivity contribution in [1.82, 2.24) is 9.78 Å². The molecule has 1 fully saturated rings. The van der Waals surface area contributed by atoms with E-state index in [9.17, 15) is 9.59 Å². The van der Waals surface area contributed by atoms with E-state index in [2.05, 4.69) is 10.4 Å². The molecule has 1 aromatic rings. The van der Waals surface area contributed by atoms with Gasteiger partial charge in [-0.15, -0.1) is 0 Å². The van der Waals surface area contributed by atoms with E-state index in [0.29, 0.717) is 12.1 Å². The van der Waals surface area contributed by atoms with Crippen molar-refractivity contribution in [2.24, 2.45) is 11.8 Å². The third kappa shape index (κ3) is 2.05. The van der Waals surface area contributed by atoms with Crippen LogP contribution < -0.4 is 5.32 Å². The average molecular weight is 223 g/mol.